The number of benzene rings is 1. The van der Waals surface area contributed by atoms with Gasteiger partial charge in [-0.3, -0.25) is 0 Å². The van der Waals surface area contributed by atoms with Crippen LogP contribution in [0.4, 0.5) is 5.69 Å². The van der Waals surface area contributed by atoms with Crippen molar-refractivity contribution in [2.75, 3.05) is 39.7 Å². The molecule has 1 N–H and O–H groups in total. The first kappa shape index (κ1) is 12.2. The number of nitrogens with zero attached hydrogens (tertiary/aromatic N) is 1. The van der Waals surface area contributed by atoms with E-state index in [2.05, 4.69) is 36.4 Å². The summed E-state index contributed by atoms with van der Waals surface area (Å²) in [5, 5.41) is 3.44. The molecule has 0 atom stereocenters. The van der Waals surface area contributed by atoms with Gasteiger partial charge in [0.2, 0.25) is 0 Å². The van der Waals surface area contributed by atoms with E-state index in [0.717, 1.165) is 31.2 Å². The molecule has 2 rings (SSSR count). The first-order valence-corrected chi connectivity index (χ1v) is 5.85. The largest absolute Gasteiger partial charge is 0.495 e. The second-order valence-corrected chi connectivity index (χ2v) is 4.65. The van der Waals surface area contributed by atoms with Crippen LogP contribution in [0.15, 0.2) is 18.2 Å². The summed E-state index contributed by atoms with van der Waals surface area (Å²) in [6.07, 6.45) is 0. The Labute approximate surface area is 103 Å². The predicted molar refractivity (Wildman–Crippen MR) is 68.6 cm³/mol. The van der Waals surface area contributed by atoms with Gasteiger partial charge < -0.3 is 19.7 Å². The molecule has 0 amide bonds. The molecule has 1 aliphatic heterocycles. The SMILES string of the molecule is COc1ccc(CN(C)C)cc1NC1COC1. The molecule has 0 spiro atoms. The van der Waals surface area contributed by atoms with E-state index in [1.807, 2.05) is 6.07 Å². The van der Waals surface area contributed by atoms with E-state index >= 15 is 0 Å². The Kier molecular flexibility index (Phi) is 3.86. The molecule has 0 saturated carbocycles. The molecule has 1 aliphatic rings. The smallest absolute Gasteiger partial charge is 0.141 e. The van der Waals surface area contributed by atoms with Crippen molar-refractivity contribution in [2.24, 2.45) is 0 Å². The molecular weight excluding hydrogens is 216 g/mol. The van der Waals surface area contributed by atoms with Gasteiger partial charge in [0.1, 0.15) is 5.75 Å². The van der Waals surface area contributed by atoms with Gasteiger partial charge >= 0.3 is 0 Å². The summed E-state index contributed by atoms with van der Waals surface area (Å²) in [5.74, 6) is 0.888. The lowest BCUT2D eigenvalue weighted by atomic mass is 10.1. The van der Waals surface area contributed by atoms with Crippen molar-refractivity contribution in [1.82, 2.24) is 4.90 Å². The number of rotatable bonds is 5. The minimum absolute atomic E-state index is 0.415. The van der Waals surface area contributed by atoms with Gasteiger partial charge in [0, 0.05) is 6.54 Å². The summed E-state index contributed by atoms with van der Waals surface area (Å²) < 4.78 is 10.5. The standard InChI is InChI=1S/C13H20N2O2/c1-15(2)7-10-4-5-13(16-3)12(6-10)14-11-8-17-9-11/h4-6,11,14H,7-9H2,1-3H3. The number of hydrogen-bond donors (Lipinski definition) is 1. The normalized spacial score (nSPS) is 15.8. The highest BCUT2D eigenvalue weighted by Gasteiger charge is 2.19. The fourth-order valence-electron chi connectivity index (χ4n) is 1.87. The molecule has 1 fully saturated rings. The number of nitrogens with one attached hydrogen (secondary N) is 1. The zero-order valence-corrected chi connectivity index (χ0v) is 10.7. The highest BCUT2D eigenvalue weighted by Crippen LogP contribution is 2.27. The Hall–Kier alpha value is -1.26. The Morgan fingerprint density at radius 2 is 2.18 bits per heavy atom. The molecule has 4 heteroatoms. The molecular formula is C13H20N2O2. The van der Waals surface area contributed by atoms with E-state index in [1.165, 1.54) is 5.56 Å². The Bertz CT molecular complexity index is 376. The summed E-state index contributed by atoms with van der Waals surface area (Å²) >= 11 is 0. The predicted octanol–water partition coefficient (Wildman–Crippen LogP) is 1.57. The van der Waals surface area contributed by atoms with Gasteiger partial charge in [-0.1, -0.05) is 6.07 Å². The van der Waals surface area contributed by atoms with Gasteiger partial charge in [0.25, 0.3) is 0 Å². The number of hydrogen-bond acceptors (Lipinski definition) is 4. The van der Waals surface area contributed by atoms with Crippen molar-refractivity contribution < 1.29 is 9.47 Å². The maximum absolute atomic E-state index is 5.36. The van der Waals surface area contributed by atoms with Gasteiger partial charge in [0.15, 0.2) is 0 Å². The van der Waals surface area contributed by atoms with Crippen LogP contribution in [-0.4, -0.2) is 45.4 Å². The lowest BCUT2D eigenvalue weighted by Gasteiger charge is -2.28. The van der Waals surface area contributed by atoms with Gasteiger partial charge in [-0.15, -0.1) is 0 Å². The molecule has 1 saturated heterocycles. The van der Waals surface area contributed by atoms with Crippen molar-refractivity contribution in [3.05, 3.63) is 23.8 Å². The van der Waals surface area contributed by atoms with Crippen molar-refractivity contribution in [1.29, 1.82) is 0 Å². The van der Waals surface area contributed by atoms with Crippen LogP contribution < -0.4 is 10.1 Å². The molecule has 1 aromatic rings. The van der Waals surface area contributed by atoms with Crippen molar-refractivity contribution in [2.45, 2.75) is 12.6 Å². The summed E-state index contributed by atoms with van der Waals surface area (Å²) in [7, 11) is 5.83. The lowest BCUT2D eigenvalue weighted by Crippen LogP contribution is -2.40. The van der Waals surface area contributed by atoms with Crippen LogP contribution in [0, 0.1) is 0 Å². The minimum atomic E-state index is 0.415. The first-order chi connectivity index (χ1) is 8.19. The van der Waals surface area contributed by atoms with Crippen molar-refractivity contribution in [3.63, 3.8) is 0 Å². The van der Waals surface area contributed by atoms with Crippen LogP contribution in [0.2, 0.25) is 0 Å². The van der Waals surface area contributed by atoms with Crippen LogP contribution >= 0.6 is 0 Å². The fraction of sp³-hybridized carbons (Fsp3) is 0.538. The second kappa shape index (κ2) is 5.38. The zero-order valence-electron chi connectivity index (χ0n) is 10.7. The van der Waals surface area contributed by atoms with Crippen molar-refractivity contribution >= 4 is 5.69 Å². The Morgan fingerprint density at radius 1 is 1.41 bits per heavy atom. The Balaban J connectivity index is 2.13. The second-order valence-electron chi connectivity index (χ2n) is 4.65. The molecule has 17 heavy (non-hydrogen) atoms. The molecule has 0 radical (unpaired) electrons. The zero-order chi connectivity index (χ0) is 12.3. The lowest BCUT2D eigenvalue weighted by molar-refractivity contribution is 0.0210. The van der Waals surface area contributed by atoms with Gasteiger partial charge in [-0.25, -0.2) is 0 Å². The van der Waals surface area contributed by atoms with Crippen LogP contribution in [0.25, 0.3) is 0 Å². The van der Waals surface area contributed by atoms with Crippen LogP contribution in [-0.2, 0) is 11.3 Å². The number of ether oxygens (including phenoxy) is 2. The van der Waals surface area contributed by atoms with E-state index in [1.54, 1.807) is 7.11 Å². The highest BCUT2D eigenvalue weighted by molar-refractivity contribution is 5.58. The summed E-state index contributed by atoms with van der Waals surface area (Å²) in [6, 6.07) is 6.68. The Morgan fingerprint density at radius 3 is 2.71 bits per heavy atom. The molecule has 94 valence electrons. The van der Waals surface area contributed by atoms with E-state index in [0.29, 0.717) is 6.04 Å². The quantitative estimate of drug-likeness (QED) is 0.841. The van der Waals surface area contributed by atoms with E-state index < -0.39 is 0 Å². The average molecular weight is 236 g/mol. The maximum Gasteiger partial charge on any atom is 0.141 e. The van der Waals surface area contributed by atoms with E-state index in [-0.39, 0.29) is 0 Å². The topological polar surface area (TPSA) is 33.7 Å². The summed E-state index contributed by atoms with van der Waals surface area (Å²) in [4.78, 5) is 2.15. The van der Waals surface area contributed by atoms with Gasteiger partial charge in [-0.2, -0.15) is 0 Å². The third-order valence-electron chi connectivity index (χ3n) is 2.76. The molecule has 1 heterocycles. The van der Waals surface area contributed by atoms with Gasteiger partial charge in [-0.05, 0) is 31.8 Å². The fourth-order valence-corrected chi connectivity index (χ4v) is 1.87. The van der Waals surface area contributed by atoms with Crippen LogP contribution in [0.5, 0.6) is 5.75 Å². The van der Waals surface area contributed by atoms with E-state index in [9.17, 15) is 0 Å². The summed E-state index contributed by atoms with van der Waals surface area (Å²) in [5.41, 5.74) is 2.33. The monoisotopic (exact) mass is 236 g/mol. The molecule has 0 unspecified atom stereocenters. The summed E-state index contributed by atoms with van der Waals surface area (Å²) in [6.45, 7) is 2.49. The first-order valence-electron chi connectivity index (χ1n) is 5.85. The third-order valence-corrected chi connectivity index (χ3v) is 2.76. The molecule has 0 bridgehead atoms. The number of anilines is 1. The molecule has 0 aliphatic carbocycles. The van der Waals surface area contributed by atoms with Gasteiger partial charge in [0.05, 0.1) is 32.1 Å². The number of methoxy groups -OCH3 is 1. The molecule has 0 aromatic heterocycles. The van der Waals surface area contributed by atoms with E-state index in [4.69, 9.17) is 9.47 Å². The average Bonchev–Trinajstić information content (AvgIpc) is 2.23. The minimum Gasteiger partial charge on any atom is -0.495 e. The maximum atomic E-state index is 5.36. The van der Waals surface area contributed by atoms with Crippen LogP contribution in [0.3, 0.4) is 0 Å². The third kappa shape index (κ3) is 3.11. The highest BCUT2D eigenvalue weighted by atomic mass is 16.5. The van der Waals surface area contributed by atoms with Crippen molar-refractivity contribution in [3.8, 4) is 5.75 Å². The van der Waals surface area contributed by atoms with Crippen LogP contribution in [0.1, 0.15) is 5.56 Å². The molecule has 1 aromatic carbocycles. The molecule has 4 nitrogen and oxygen atoms in total.